The van der Waals surface area contributed by atoms with Gasteiger partial charge in [0.15, 0.2) is 5.78 Å². The second-order valence-corrected chi connectivity index (χ2v) is 8.54. The zero-order valence-corrected chi connectivity index (χ0v) is 15.8. The van der Waals surface area contributed by atoms with Crippen molar-refractivity contribution in [3.8, 4) is 0 Å². The van der Waals surface area contributed by atoms with E-state index in [9.17, 15) is 13.2 Å². The van der Waals surface area contributed by atoms with E-state index in [0.29, 0.717) is 25.1 Å². The number of Topliss-reactive ketones (excluding diaryl/α,β-unsaturated/α-hetero) is 1. The van der Waals surface area contributed by atoms with Crippen molar-refractivity contribution < 1.29 is 17.9 Å². The predicted octanol–water partition coefficient (Wildman–Crippen LogP) is 2.91. The second kappa shape index (κ2) is 7.70. The van der Waals surface area contributed by atoms with E-state index in [2.05, 4.69) is 0 Å². The van der Waals surface area contributed by atoms with Gasteiger partial charge in [0.05, 0.1) is 17.6 Å². The Morgan fingerprint density at radius 1 is 1.12 bits per heavy atom. The van der Waals surface area contributed by atoms with Crippen LogP contribution in [0.2, 0.25) is 0 Å². The molecule has 1 saturated heterocycles. The maximum absolute atomic E-state index is 13.1. The van der Waals surface area contributed by atoms with Gasteiger partial charge in [0.25, 0.3) is 0 Å². The first-order chi connectivity index (χ1) is 12.4. The summed E-state index contributed by atoms with van der Waals surface area (Å²) in [7, 11) is -3.64. The van der Waals surface area contributed by atoms with Gasteiger partial charge in [-0.3, -0.25) is 4.79 Å². The molecule has 138 valence electrons. The number of rotatable bonds is 5. The third-order valence-corrected chi connectivity index (χ3v) is 6.62. The molecule has 0 bridgehead atoms. The number of benzene rings is 2. The van der Waals surface area contributed by atoms with Crippen molar-refractivity contribution in [1.29, 1.82) is 0 Å². The highest BCUT2D eigenvalue weighted by Gasteiger charge is 2.35. The molecule has 2 aromatic rings. The number of carbonyl (C=O) groups excluding carboxylic acids is 1. The SMILES string of the molecule is CC(=O)c1ccc(S(=O)(=O)N2CC(Cc3ccccc3)OCC2C)cc1. The van der Waals surface area contributed by atoms with Crippen LogP contribution in [0.25, 0.3) is 0 Å². The van der Waals surface area contributed by atoms with E-state index < -0.39 is 10.0 Å². The first kappa shape index (κ1) is 18.8. The van der Waals surface area contributed by atoms with Crippen LogP contribution in [0.3, 0.4) is 0 Å². The largest absolute Gasteiger partial charge is 0.375 e. The van der Waals surface area contributed by atoms with Crippen molar-refractivity contribution in [2.45, 2.75) is 37.3 Å². The summed E-state index contributed by atoms with van der Waals surface area (Å²) >= 11 is 0. The molecule has 0 saturated carbocycles. The van der Waals surface area contributed by atoms with E-state index in [1.54, 1.807) is 12.1 Å². The molecular weight excluding hydrogens is 350 g/mol. The highest BCUT2D eigenvalue weighted by Crippen LogP contribution is 2.24. The molecule has 3 rings (SSSR count). The Labute approximate surface area is 154 Å². The van der Waals surface area contributed by atoms with Crippen LogP contribution in [0.1, 0.15) is 29.8 Å². The Kier molecular flexibility index (Phi) is 5.55. The van der Waals surface area contributed by atoms with Gasteiger partial charge in [0.1, 0.15) is 0 Å². The van der Waals surface area contributed by atoms with E-state index >= 15 is 0 Å². The van der Waals surface area contributed by atoms with Crippen molar-refractivity contribution in [2.24, 2.45) is 0 Å². The topological polar surface area (TPSA) is 63.7 Å². The zero-order chi connectivity index (χ0) is 18.7. The summed E-state index contributed by atoms with van der Waals surface area (Å²) in [6.07, 6.45) is 0.489. The average molecular weight is 373 g/mol. The molecule has 0 radical (unpaired) electrons. The van der Waals surface area contributed by atoms with Gasteiger partial charge >= 0.3 is 0 Å². The third-order valence-electron chi connectivity index (χ3n) is 4.62. The van der Waals surface area contributed by atoms with Crippen molar-refractivity contribution in [3.63, 3.8) is 0 Å². The Balaban J connectivity index is 1.79. The van der Waals surface area contributed by atoms with E-state index in [4.69, 9.17) is 4.74 Å². The first-order valence-corrected chi connectivity index (χ1v) is 10.1. The number of hydrogen-bond donors (Lipinski definition) is 0. The van der Waals surface area contributed by atoms with Crippen LogP contribution < -0.4 is 0 Å². The van der Waals surface area contributed by atoms with Gasteiger partial charge in [-0.1, -0.05) is 42.5 Å². The third kappa shape index (κ3) is 4.03. The smallest absolute Gasteiger partial charge is 0.243 e. The van der Waals surface area contributed by atoms with E-state index in [1.807, 2.05) is 37.3 Å². The van der Waals surface area contributed by atoms with Crippen LogP contribution in [0.5, 0.6) is 0 Å². The number of nitrogens with zero attached hydrogens (tertiary/aromatic N) is 1. The molecule has 0 N–H and O–H groups in total. The van der Waals surface area contributed by atoms with Crippen molar-refractivity contribution in [3.05, 3.63) is 65.7 Å². The monoisotopic (exact) mass is 373 g/mol. The lowest BCUT2D eigenvalue weighted by Gasteiger charge is -2.37. The first-order valence-electron chi connectivity index (χ1n) is 8.66. The van der Waals surface area contributed by atoms with Crippen LogP contribution in [-0.4, -0.2) is 43.8 Å². The predicted molar refractivity (Wildman–Crippen MR) is 99.7 cm³/mol. The van der Waals surface area contributed by atoms with Crippen molar-refractivity contribution >= 4 is 15.8 Å². The van der Waals surface area contributed by atoms with Crippen LogP contribution in [0.15, 0.2) is 59.5 Å². The number of carbonyl (C=O) groups is 1. The maximum atomic E-state index is 13.1. The zero-order valence-electron chi connectivity index (χ0n) is 15.0. The Bertz CT molecular complexity index is 862. The van der Waals surface area contributed by atoms with Gasteiger partial charge in [-0.25, -0.2) is 8.42 Å². The molecule has 5 nitrogen and oxygen atoms in total. The fourth-order valence-corrected chi connectivity index (χ4v) is 4.77. The number of ketones is 1. The molecule has 2 aromatic carbocycles. The van der Waals surface area contributed by atoms with Crippen molar-refractivity contribution in [2.75, 3.05) is 13.2 Å². The summed E-state index contributed by atoms with van der Waals surface area (Å²) in [5, 5.41) is 0. The molecule has 0 spiro atoms. The van der Waals surface area contributed by atoms with Crippen LogP contribution >= 0.6 is 0 Å². The fourth-order valence-electron chi connectivity index (χ4n) is 3.12. The standard InChI is InChI=1S/C20H23NO4S/c1-15-14-25-19(12-17-6-4-3-5-7-17)13-21(15)26(23,24)20-10-8-18(9-11-20)16(2)22/h3-11,15,19H,12-14H2,1-2H3. The number of sulfonamides is 1. The molecule has 26 heavy (non-hydrogen) atoms. The molecule has 1 heterocycles. The normalized spacial score (nSPS) is 21.5. The molecule has 1 aliphatic heterocycles. The summed E-state index contributed by atoms with van der Waals surface area (Å²) in [4.78, 5) is 11.6. The molecule has 0 amide bonds. The minimum Gasteiger partial charge on any atom is -0.375 e. The quantitative estimate of drug-likeness (QED) is 0.756. The lowest BCUT2D eigenvalue weighted by Crippen LogP contribution is -2.51. The number of hydrogen-bond acceptors (Lipinski definition) is 4. The molecule has 1 aliphatic rings. The highest BCUT2D eigenvalue weighted by molar-refractivity contribution is 7.89. The van der Waals surface area contributed by atoms with Gasteiger partial charge in [-0.2, -0.15) is 4.31 Å². The second-order valence-electron chi connectivity index (χ2n) is 6.65. The summed E-state index contributed by atoms with van der Waals surface area (Å²) in [6, 6.07) is 15.8. The lowest BCUT2D eigenvalue weighted by molar-refractivity contribution is -0.0265. The summed E-state index contributed by atoms with van der Waals surface area (Å²) < 4.78 is 33.5. The van der Waals surface area contributed by atoms with E-state index in [-0.39, 0.29) is 22.8 Å². The number of morpholine rings is 1. The van der Waals surface area contributed by atoms with Crippen LogP contribution in [0.4, 0.5) is 0 Å². The van der Waals surface area contributed by atoms with Gasteiger partial charge < -0.3 is 4.74 Å². The maximum Gasteiger partial charge on any atom is 0.243 e. The number of ether oxygens (including phenoxy) is 1. The molecule has 2 atom stereocenters. The summed E-state index contributed by atoms with van der Waals surface area (Å²) in [5.41, 5.74) is 1.62. The highest BCUT2D eigenvalue weighted by atomic mass is 32.2. The molecule has 2 unspecified atom stereocenters. The Morgan fingerprint density at radius 3 is 2.38 bits per heavy atom. The van der Waals surface area contributed by atoms with Gasteiger partial charge in [0, 0.05) is 18.2 Å². The molecular formula is C20H23NO4S. The van der Waals surface area contributed by atoms with Crippen LogP contribution in [0, 0.1) is 0 Å². The van der Waals surface area contributed by atoms with Gasteiger partial charge in [0.2, 0.25) is 10.0 Å². The fraction of sp³-hybridized carbons (Fsp3) is 0.350. The molecule has 0 aromatic heterocycles. The van der Waals surface area contributed by atoms with E-state index in [1.165, 1.54) is 23.4 Å². The summed E-state index contributed by atoms with van der Waals surface area (Å²) in [6.45, 7) is 3.98. The van der Waals surface area contributed by atoms with E-state index in [0.717, 1.165) is 5.56 Å². The van der Waals surface area contributed by atoms with Crippen LogP contribution in [-0.2, 0) is 21.2 Å². The Morgan fingerprint density at radius 2 is 1.77 bits per heavy atom. The summed E-state index contributed by atoms with van der Waals surface area (Å²) in [5.74, 6) is -0.0865. The molecule has 0 aliphatic carbocycles. The average Bonchev–Trinajstić information content (AvgIpc) is 2.64. The van der Waals surface area contributed by atoms with Gasteiger partial charge in [-0.15, -0.1) is 0 Å². The lowest BCUT2D eigenvalue weighted by atomic mass is 10.1. The van der Waals surface area contributed by atoms with Crippen molar-refractivity contribution in [1.82, 2.24) is 4.31 Å². The van der Waals surface area contributed by atoms with Gasteiger partial charge in [-0.05, 0) is 38.0 Å². The Hall–Kier alpha value is -2.02. The molecule has 6 heteroatoms. The molecule has 1 fully saturated rings. The minimum absolute atomic E-state index is 0.0865. The minimum atomic E-state index is -3.64.